The Morgan fingerprint density at radius 3 is 2.86 bits per heavy atom. The lowest BCUT2D eigenvalue weighted by Crippen LogP contribution is -1.95. The van der Waals surface area contributed by atoms with Crippen molar-refractivity contribution in [2.75, 3.05) is 12.4 Å². The van der Waals surface area contributed by atoms with Gasteiger partial charge in [-0.1, -0.05) is 0 Å². The molecule has 0 aliphatic rings. The van der Waals surface area contributed by atoms with E-state index in [-0.39, 0.29) is 0 Å². The largest absolute Gasteiger partial charge is 0.373 e. The van der Waals surface area contributed by atoms with E-state index in [1.165, 1.54) is 0 Å². The Bertz CT molecular complexity index is 438. The summed E-state index contributed by atoms with van der Waals surface area (Å²) >= 11 is 1.60. The second-order valence-corrected chi connectivity index (χ2v) is 3.83. The summed E-state index contributed by atoms with van der Waals surface area (Å²) in [4.78, 5) is 12.8. The number of aromatic nitrogens is 3. The van der Waals surface area contributed by atoms with Gasteiger partial charge >= 0.3 is 0 Å². The van der Waals surface area contributed by atoms with Crippen molar-refractivity contribution >= 4 is 17.2 Å². The highest BCUT2D eigenvalue weighted by Gasteiger charge is 2.04. The van der Waals surface area contributed by atoms with Crippen LogP contribution in [0.1, 0.15) is 5.01 Å². The number of anilines is 1. The molecule has 0 aliphatic heterocycles. The van der Waals surface area contributed by atoms with Crippen molar-refractivity contribution in [2.45, 2.75) is 6.92 Å². The van der Waals surface area contributed by atoms with Crippen LogP contribution in [0.4, 0.5) is 5.82 Å². The van der Waals surface area contributed by atoms with Gasteiger partial charge in [0.25, 0.3) is 0 Å². The molecule has 2 aromatic heterocycles. The van der Waals surface area contributed by atoms with Gasteiger partial charge in [0, 0.05) is 18.6 Å². The third-order valence-electron chi connectivity index (χ3n) is 1.76. The first kappa shape index (κ1) is 9.08. The number of thiazole rings is 1. The molecule has 0 atom stereocenters. The van der Waals surface area contributed by atoms with Crippen molar-refractivity contribution < 1.29 is 0 Å². The molecule has 0 aromatic carbocycles. The molecule has 2 rings (SSSR count). The van der Waals surface area contributed by atoms with Crippen LogP contribution in [0.25, 0.3) is 11.5 Å². The normalized spacial score (nSPS) is 10.1. The van der Waals surface area contributed by atoms with Crippen molar-refractivity contribution in [1.29, 1.82) is 0 Å². The van der Waals surface area contributed by atoms with Crippen LogP contribution in [0, 0.1) is 6.92 Å². The maximum absolute atomic E-state index is 4.32. The number of hydrogen-bond donors (Lipinski definition) is 1. The third kappa shape index (κ3) is 1.72. The van der Waals surface area contributed by atoms with Crippen LogP contribution >= 0.6 is 11.3 Å². The molecule has 0 fully saturated rings. The lowest BCUT2D eigenvalue weighted by Gasteiger charge is -1.99. The van der Waals surface area contributed by atoms with E-state index in [1.54, 1.807) is 17.5 Å². The lowest BCUT2D eigenvalue weighted by atomic mass is 10.4. The zero-order chi connectivity index (χ0) is 9.97. The lowest BCUT2D eigenvalue weighted by molar-refractivity contribution is 1.14. The Morgan fingerprint density at radius 1 is 1.36 bits per heavy atom. The van der Waals surface area contributed by atoms with Gasteiger partial charge in [-0.05, 0) is 13.0 Å². The van der Waals surface area contributed by atoms with E-state index in [2.05, 4.69) is 20.3 Å². The second kappa shape index (κ2) is 3.71. The Kier molecular flexibility index (Phi) is 2.41. The Balaban J connectivity index is 2.41. The van der Waals surface area contributed by atoms with Crippen molar-refractivity contribution in [1.82, 2.24) is 15.0 Å². The van der Waals surface area contributed by atoms with E-state index in [1.807, 2.05) is 25.4 Å². The van der Waals surface area contributed by atoms with Gasteiger partial charge in [0.15, 0.2) is 5.82 Å². The summed E-state index contributed by atoms with van der Waals surface area (Å²) in [6.45, 7) is 1.97. The maximum atomic E-state index is 4.32. The minimum atomic E-state index is 0.668. The van der Waals surface area contributed by atoms with Crippen LogP contribution in [0.3, 0.4) is 0 Å². The molecule has 1 N–H and O–H groups in total. The van der Waals surface area contributed by atoms with Gasteiger partial charge in [-0.25, -0.2) is 15.0 Å². The molecule has 5 heteroatoms. The Morgan fingerprint density at radius 2 is 2.21 bits per heavy atom. The first-order chi connectivity index (χ1) is 6.79. The Hall–Kier alpha value is -1.49. The molecule has 4 nitrogen and oxygen atoms in total. The predicted molar refractivity (Wildman–Crippen MR) is 57.4 cm³/mol. The number of hydrogen-bond acceptors (Lipinski definition) is 5. The number of nitrogens with one attached hydrogen (secondary N) is 1. The van der Waals surface area contributed by atoms with Crippen LogP contribution in [-0.2, 0) is 0 Å². The van der Waals surface area contributed by atoms with Crippen LogP contribution in [-0.4, -0.2) is 22.0 Å². The molecule has 2 aromatic rings. The molecule has 2 heterocycles. The fraction of sp³-hybridized carbons (Fsp3) is 0.222. The monoisotopic (exact) mass is 206 g/mol. The van der Waals surface area contributed by atoms with Crippen molar-refractivity contribution in [3.8, 4) is 11.5 Å². The van der Waals surface area contributed by atoms with Crippen molar-refractivity contribution in [3.63, 3.8) is 0 Å². The molecule has 0 spiro atoms. The number of aryl methyl sites for hydroxylation is 1. The van der Waals surface area contributed by atoms with E-state index in [0.717, 1.165) is 16.5 Å². The zero-order valence-corrected chi connectivity index (χ0v) is 8.80. The summed E-state index contributed by atoms with van der Waals surface area (Å²) in [5.41, 5.74) is 0.838. The van der Waals surface area contributed by atoms with Gasteiger partial charge in [0.2, 0.25) is 0 Å². The summed E-state index contributed by atoms with van der Waals surface area (Å²) < 4.78 is 0. The molecule has 0 radical (unpaired) electrons. The van der Waals surface area contributed by atoms with Gasteiger partial charge in [0.1, 0.15) is 11.5 Å². The molecule has 0 unspecified atom stereocenters. The van der Waals surface area contributed by atoms with Crippen molar-refractivity contribution in [2.24, 2.45) is 0 Å². The SMILES string of the molecule is CNc1ccnc(-c2csc(C)n2)n1. The predicted octanol–water partition coefficient (Wildman–Crippen LogP) is 1.95. The number of rotatable bonds is 2. The standard InChI is InChI=1S/C9H10N4S/c1-6-12-7(5-14-6)9-11-4-3-8(10-2)13-9/h3-5H,1-2H3,(H,10,11,13). The molecule has 0 amide bonds. The highest BCUT2D eigenvalue weighted by molar-refractivity contribution is 7.09. The van der Waals surface area contributed by atoms with Crippen molar-refractivity contribution in [3.05, 3.63) is 22.7 Å². The molecule has 0 aliphatic carbocycles. The summed E-state index contributed by atoms with van der Waals surface area (Å²) in [6.07, 6.45) is 1.73. The summed E-state index contributed by atoms with van der Waals surface area (Å²) in [7, 11) is 1.83. The first-order valence-electron chi connectivity index (χ1n) is 4.23. The smallest absolute Gasteiger partial charge is 0.181 e. The molecular weight excluding hydrogens is 196 g/mol. The molecular formula is C9H10N4S. The summed E-state index contributed by atoms with van der Waals surface area (Å²) in [6, 6.07) is 1.82. The van der Waals surface area contributed by atoms with Gasteiger partial charge < -0.3 is 5.32 Å². The van der Waals surface area contributed by atoms with E-state index in [0.29, 0.717) is 5.82 Å². The van der Waals surface area contributed by atoms with Gasteiger partial charge in [-0.3, -0.25) is 0 Å². The second-order valence-electron chi connectivity index (χ2n) is 2.77. The highest BCUT2D eigenvalue weighted by Crippen LogP contribution is 2.18. The topological polar surface area (TPSA) is 50.7 Å². The minimum Gasteiger partial charge on any atom is -0.373 e. The molecule has 0 saturated heterocycles. The average molecular weight is 206 g/mol. The van der Waals surface area contributed by atoms with E-state index < -0.39 is 0 Å². The van der Waals surface area contributed by atoms with E-state index >= 15 is 0 Å². The third-order valence-corrected chi connectivity index (χ3v) is 2.53. The molecule has 14 heavy (non-hydrogen) atoms. The quantitative estimate of drug-likeness (QED) is 0.816. The minimum absolute atomic E-state index is 0.668. The average Bonchev–Trinajstić information content (AvgIpc) is 2.65. The molecule has 0 bridgehead atoms. The number of nitrogens with zero attached hydrogens (tertiary/aromatic N) is 3. The van der Waals surface area contributed by atoms with Crippen LogP contribution in [0.15, 0.2) is 17.6 Å². The van der Waals surface area contributed by atoms with Gasteiger partial charge in [-0.2, -0.15) is 0 Å². The highest BCUT2D eigenvalue weighted by atomic mass is 32.1. The Labute approximate surface area is 86.1 Å². The summed E-state index contributed by atoms with van der Waals surface area (Å²) in [5.74, 6) is 1.47. The van der Waals surface area contributed by atoms with E-state index in [9.17, 15) is 0 Å². The zero-order valence-electron chi connectivity index (χ0n) is 7.98. The van der Waals surface area contributed by atoms with Crippen LogP contribution in [0.2, 0.25) is 0 Å². The first-order valence-corrected chi connectivity index (χ1v) is 5.11. The van der Waals surface area contributed by atoms with Crippen LogP contribution < -0.4 is 5.32 Å². The molecule has 0 saturated carbocycles. The maximum Gasteiger partial charge on any atom is 0.181 e. The van der Waals surface area contributed by atoms with Gasteiger partial charge in [0.05, 0.1) is 5.01 Å². The van der Waals surface area contributed by atoms with Crippen LogP contribution in [0.5, 0.6) is 0 Å². The van der Waals surface area contributed by atoms with E-state index in [4.69, 9.17) is 0 Å². The molecule has 72 valence electrons. The fourth-order valence-electron chi connectivity index (χ4n) is 1.09. The van der Waals surface area contributed by atoms with Gasteiger partial charge in [-0.15, -0.1) is 11.3 Å². The fourth-order valence-corrected chi connectivity index (χ4v) is 1.68. The summed E-state index contributed by atoms with van der Waals surface area (Å²) in [5, 5.41) is 5.96.